The molecule has 0 spiro atoms. The molecular weight excluding hydrogens is 206 g/mol. The van der Waals surface area contributed by atoms with E-state index in [0.717, 1.165) is 19.5 Å². The molecule has 0 aromatic rings. The molecule has 0 amide bonds. The van der Waals surface area contributed by atoms with E-state index < -0.39 is 11.0 Å². The van der Waals surface area contributed by atoms with Crippen molar-refractivity contribution >= 4 is 11.0 Å². The van der Waals surface area contributed by atoms with Crippen LogP contribution in [0.3, 0.4) is 0 Å². The van der Waals surface area contributed by atoms with E-state index in [9.17, 15) is 4.21 Å². The van der Waals surface area contributed by atoms with Gasteiger partial charge in [0.2, 0.25) is 11.0 Å². The molecule has 2 nitrogen and oxygen atoms in total. The number of hydrogen-bond acceptors (Lipinski definition) is 1. The molecule has 1 saturated heterocycles. The van der Waals surface area contributed by atoms with Gasteiger partial charge in [0.1, 0.15) is 13.1 Å². The largest absolute Gasteiger partial charge is 0.216 e. The van der Waals surface area contributed by atoms with E-state index >= 15 is 0 Å². The minimum absolute atomic E-state index is 0.140. The molecular formula is C12H22NOS+. The van der Waals surface area contributed by atoms with Gasteiger partial charge in [-0.1, -0.05) is 12.8 Å². The van der Waals surface area contributed by atoms with E-state index in [-0.39, 0.29) is 10.8 Å². The third-order valence-electron chi connectivity index (χ3n) is 2.71. The van der Waals surface area contributed by atoms with E-state index in [4.69, 9.17) is 0 Å². The van der Waals surface area contributed by atoms with Crippen molar-refractivity contribution in [3.05, 3.63) is 0 Å². The van der Waals surface area contributed by atoms with Gasteiger partial charge in [0.15, 0.2) is 6.04 Å². The quantitative estimate of drug-likeness (QED) is 0.402. The SMILES string of the molecule is CCC#CC(C)[N+]1(S(=O)C(C)(C)C)CC1. The van der Waals surface area contributed by atoms with Gasteiger partial charge in [-0.3, -0.25) is 0 Å². The number of nitrogens with zero attached hydrogens (tertiary/aromatic N) is 1. The standard InChI is InChI=1S/C12H22NOS/c1-6-7-8-11(2)13(9-10-13)15(14)12(3,4)5/h11H,6,9-10H2,1-5H3/q+1. The molecule has 1 heterocycles. The Morgan fingerprint density at radius 3 is 2.27 bits per heavy atom. The summed E-state index contributed by atoms with van der Waals surface area (Å²) in [5.74, 6) is 6.32. The van der Waals surface area contributed by atoms with Crippen LogP contribution in [0, 0.1) is 11.8 Å². The highest BCUT2D eigenvalue weighted by Gasteiger charge is 2.56. The lowest BCUT2D eigenvalue weighted by Crippen LogP contribution is -2.44. The van der Waals surface area contributed by atoms with Crippen molar-refractivity contribution in [2.45, 2.75) is 51.8 Å². The predicted octanol–water partition coefficient (Wildman–Crippen LogP) is 2.08. The van der Waals surface area contributed by atoms with Crippen LogP contribution in [0.25, 0.3) is 0 Å². The zero-order valence-electron chi connectivity index (χ0n) is 10.5. The summed E-state index contributed by atoms with van der Waals surface area (Å²) in [6, 6.07) is 0.213. The van der Waals surface area contributed by atoms with E-state index in [2.05, 4.69) is 18.8 Å². The highest BCUT2D eigenvalue weighted by molar-refractivity contribution is 7.81. The van der Waals surface area contributed by atoms with Gasteiger partial charge in [-0.25, -0.2) is 3.89 Å². The van der Waals surface area contributed by atoms with Crippen LogP contribution in [0.2, 0.25) is 0 Å². The summed E-state index contributed by atoms with van der Waals surface area (Å²) in [6.45, 7) is 12.3. The topological polar surface area (TPSA) is 17.1 Å². The molecule has 0 aromatic carbocycles. The molecule has 0 aromatic heterocycles. The number of rotatable bonds is 2. The second-order valence-electron chi connectivity index (χ2n) is 5.11. The van der Waals surface area contributed by atoms with Crippen LogP contribution >= 0.6 is 0 Å². The Morgan fingerprint density at radius 2 is 1.93 bits per heavy atom. The Hall–Kier alpha value is -0.330. The van der Waals surface area contributed by atoms with Crippen LogP contribution in [0.1, 0.15) is 41.0 Å². The zero-order chi connectivity index (χ0) is 11.7. The summed E-state index contributed by atoms with van der Waals surface area (Å²) in [5, 5.41) is 0. The van der Waals surface area contributed by atoms with Gasteiger partial charge in [-0.15, -0.1) is 0 Å². The molecule has 3 heteroatoms. The van der Waals surface area contributed by atoms with E-state index in [1.807, 2.05) is 27.7 Å². The van der Waals surface area contributed by atoms with Crippen molar-refractivity contribution in [2.75, 3.05) is 13.1 Å². The summed E-state index contributed by atoms with van der Waals surface area (Å²) < 4.78 is 12.9. The number of quaternary nitrogens is 1. The summed E-state index contributed by atoms with van der Waals surface area (Å²) in [5.41, 5.74) is 0. The maximum atomic E-state index is 12.4. The summed E-state index contributed by atoms with van der Waals surface area (Å²) >= 11 is 0. The average Bonchev–Trinajstić information content (AvgIpc) is 2.92. The van der Waals surface area contributed by atoms with Gasteiger partial charge < -0.3 is 0 Å². The Kier molecular flexibility index (Phi) is 3.63. The lowest BCUT2D eigenvalue weighted by Gasteiger charge is -2.27. The van der Waals surface area contributed by atoms with Gasteiger partial charge in [0, 0.05) is 13.3 Å². The smallest absolute Gasteiger partial charge is 0.213 e. The first-order valence-electron chi connectivity index (χ1n) is 5.62. The third-order valence-corrected chi connectivity index (χ3v) is 5.10. The second kappa shape index (κ2) is 4.27. The van der Waals surface area contributed by atoms with Crippen molar-refractivity contribution in [2.24, 2.45) is 0 Å². The first-order chi connectivity index (χ1) is 6.84. The van der Waals surface area contributed by atoms with Crippen molar-refractivity contribution in [3.63, 3.8) is 0 Å². The summed E-state index contributed by atoms with van der Waals surface area (Å²) in [6.07, 6.45) is 0.881. The molecule has 0 N–H and O–H groups in total. The van der Waals surface area contributed by atoms with Gasteiger partial charge in [0.25, 0.3) is 0 Å². The zero-order valence-corrected chi connectivity index (χ0v) is 11.3. The third kappa shape index (κ3) is 2.62. The summed E-state index contributed by atoms with van der Waals surface area (Å²) in [4.78, 5) is 0. The van der Waals surface area contributed by atoms with Crippen molar-refractivity contribution in [3.8, 4) is 11.8 Å². The molecule has 0 radical (unpaired) electrons. The van der Waals surface area contributed by atoms with Gasteiger partial charge in [-0.05, 0) is 26.7 Å². The lowest BCUT2D eigenvalue weighted by molar-refractivity contribution is -0.676. The molecule has 2 unspecified atom stereocenters. The predicted molar refractivity (Wildman–Crippen MR) is 65.4 cm³/mol. The van der Waals surface area contributed by atoms with Crippen LogP contribution in [-0.4, -0.2) is 32.0 Å². The van der Waals surface area contributed by atoms with E-state index in [0.29, 0.717) is 3.89 Å². The van der Waals surface area contributed by atoms with E-state index in [1.165, 1.54) is 0 Å². The Balaban J connectivity index is 2.80. The molecule has 1 fully saturated rings. The molecule has 15 heavy (non-hydrogen) atoms. The molecule has 1 aliphatic rings. The van der Waals surface area contributed by atoms with Crippen LogP contribution in [0.5, 0.6) is 0 Å². The van der Waals surface area contributed by atoms with Gasteiger partial charge in [0.05, 0.1) is 4.75 Å². The minimum atomic E-state index is -0.835. The van der Waals surface area contributed by atoms with Gasteiger partial charge >= 0.3 is 0 Å². The van der Waals surface area contributed by atoms with Crippen molar-refractivity contribution in [1.82, 2.24) is 0 Å². The van der Waals surface area contributed by atoms with Gasteiger partial charge in [-0.2, -0.15) is 4.21 Å². The maximum Gasteiger partial charge on any atom is 0.213 e. The Labute approximate surface area is 96.2 Å². The van der Waals surface area contributed by atoms with E-state index in [1.54, 1.807) is 0 Å². The van der Waals surface area contributed by atoms with Crippen LogP contribution in [0.15, 0.2) is 0 Å². The molecule has 86 valence electrons. The van der Waals surface area contributed by atoms with Crippen LogP contribution < -0.4 is 0 Å². The fraction of sp³-hybridized carbons (Fsp3) is 0.833. The van der Waals surface area contributed by atoms with Crippen molar-refractivity contribution in [1.29, 1.82) is 0 Å². The fourth-order valence-electron chi connectivity index (χ4n) is 1.71. The molecule has 0 aliphatic carbocycles. The lowest BCUT2D eigenvalue weighted by atomic mass is 10.3. The number of hydrogen-bond donors (Lipinski definition) is 0. The fourth-order valence-corrected chi connectivity index (χ4v) is 3.55. The minimum Gasteiger partial charge on any atom is -0.216 e. The highest BCUT2D eigenvalue weighted by atomic mass is 32.2. The molecule has 2 atom stereocenters. The second-order valence-corrected chi connectivity index (χ2v) is 7.56. The molecule has 0 bridgehead atoms. The Bertz CT molecular complexity index is 315. The summed E-state index contributed by atoms with van der Waals surface area (Å²) in [7, 11) is -0.835. The monoisotopic (exact) mass is 228 g/mol. The van der Waals surface area contributed by atoms with Crippen LogP contribution in [0.4, 0.5) is 0 Å². The highest BCUT2D eigenvalue weighted by Crippen LogP contribution is 2.35. The first-order valence-corrected chi connectivity index (χ1v) is 6.73. The first kappa shape index (κ1) is 12.7. The maximum absolute atomic E-state index is 12.4. The Morgan fingerprint density at radius 1 is 1.40 bits per heavy atom. The average molecular weight is 228 g/mol. The molecule has 1 aliphatic heterocycles. The van der Waals surface area contributed by atoms with Crippen LogP contribution in [-0.2, 0) is 11.0 Å². The normalized spacial score (nSPS) is 22.5. The van der Waals surface area contributed by atoms with Crippen molar-refractivity contribution < 1.29 is 8.10 Å². The molecule has 0 saturated carbocycles. The molecule has 1 rings (SSSR count).